The number of aryl methyl sites for hydroxylation is 1. The van der Waals surface area contributed by atoms with Gasteiger partial charge in [0.15, 0.2) is 0 Å². The number of pyridine rings is 1. The van der Waals surface area contributed by atoms with Crippen LogP contribution in [0.4, 0.5) is 5.69 Å². The zero-order valence-electron chi connectivity index (χ0n) is 11.3. The third-order valence-corrected chi connectivity index (χ3v) is 3.51. The van der Waals surface area contributed by atoms with E-state index in [1.807, 2.05) is 7.05 Å². The number of hydrogen-bond donors (Lipinski definition) is 1. The highest BCUT2D eigenvalue weighted by atomic mass is 16.6. The van der Waals surface area contributed by atoms with Gasteiger partial charge in [-0.15, -0.1) is 0 Å². The fourth-order valence-electron chi connectivity index (χ4n) is 2.46. The quantitative estimate of drug-likeness (QED) is 0.667. The third-order valence-electron chi connectivity index (χ3n) is 3.51. The van der Waals surface area contributed by atoms with Crippen LogP contribution in [0.5, 0.6) is 5.88 Å². The average Bonchev–Trinajstić information content (AvgIpc) is 2.39. The maximum atomic E-state index is 11.0. The number of rotatable bonds is 4. The molecule has 1 N–H and O–H groups in total. The number of ether oxygens (including phenoxy) is 1. The third kappa shape index (κ3) is 3.20. The standard InChI is InChI=1S/C13H19N3O3/c1-9-7-8-11(16(17)18)13(15-9)19-12-6-4-3-5-10(12)14-2/h7-8,10,12,14H,3-6H2,1-2H3. The van der Waals surface area contributed by atoms with Crippen LogP contribution >= 0.6 is 0 Å². The molecule has 6 nitrogen and oxygen atoms in total. The molecule has 1 aliphatic rings. The lowest BCUT2D eigenvalue weighted by Gasteiger charge is -2.31. The predicted octanol–water partition coefficient (Wildman–Crippen LogP) is 2.21. The van der Waals surface area contributed by atoms with Gasteiger partial charge in [-0.2, -0.15) is 0 Å². The van der Waals surface area contributed by atoms with Crippen molar-refractivity contribution in [1.29, 1.82) is 0 Å². The first-order valence-electron chi connectivity index (χ1n) is 6.57. The lowest BCUT2D eigenvalue weighted by atomic mass is 9.92. The SMILES string of the molecule is CNC1CCCCC1Oc1nc(C)ccc1[N+](=O)[O-]. The summed E-state index contributed by atoms with van der Waals surface area (Å²) in [6, 6.07) is 3.31. The highest BCUT2D eigenvalue weighted by molar-refractivity contribution is 5.41. The molecule has 0 amide bonds. The first-order chi connectivity index (χ1) is 9.11. The van der Waals surface area contributed by atoms with Crippen molar-refractivity contribution >= 4 is 5.69 Å². The zero-order chi connectivity index (χ0) is 13.8. The fourth-order valence-corrected chi connectivity index (χ4v) is 2.46. The Balaban J connectivity index is 2.21. The van der Waals surface area contributed by atoms with Gasteiger partial charge in [-0.1, -0.05) is 6.42 Å². The molecule has 1 aromatic rings. The van der Waals surface area contributed by atoms with E-state index in [9.17, 15) is 10.1 Å². The summed E-state index contributed by atoms with van der Waals surface area (Å²) < 4.78 is 5.82. The molecule has 19 heavy (non-hydrogen) atoms. The van der Waals surface area contributed by atoms with Gasteiger partial charge in [0.1, 0.15) is 6.10 Å². The Bertz CT molecular complexity index is 464. The van der Waals surface area contributed by atoms with Crippen molar-refractivity contribution in [3.8, 4) is 5.88 Å². The topological polar surface area (TPSA) is 77.3 Å². The van der Waals surface area contributed by atoms with Crippen molar-refractivity contribution in [3.05, 3.63) is 27.9 Å². The van der Waals surface area contributed by atoms with Crippen LogP contribution in [0, 0.1) is 17.0 Å². The number of nitrogens with zero attached hydrogens (tertiary/aromatic N) is 2. The molecule has 0 aliphatic heterocycles. The first-order valence-corrected chi connectivity index (χ1v) is 6.57. The smallest absolute Gasteiger partial charge is 0.330 e. The Hall–Kier alpha value is -1.69. The van der Waals surface area contributed by atoms with Crippen LogP contribution in [0.3, 0.4) is 0 Å². The maximum absolute atomic E-state index is 11.0. The molecule has 1 heterocycles. The van der Waals surface area contributed by atoms with Gasteiger partial charge >= 0.3 is 5.69 Å². The van der Waals surface area contributed by atoms with E-state index in [0.717, 1.165) is 31.4 Å². The van der Waals surface area contributed by atoms with Crippen LogP contribution in [0.2, 0.25) is 0 Å². The molecule has 0 spiro atoms. The highest BCUT2D eigenvalue weighted by Gasteiger charge is 2.28. The summed E-state index contributed by atoms with van der Waals surface area (Å²) in [6.07, 6.45) is 4.13. The fraction of sp³-hybridized carbons (Fsp3) is 0.615. The number of hydrogen-bond acceptors (Lipinski definition) is 5. The van der Waals surface area contributed by atoms with Crippen molar-refractivity contribution < 1.29 is 9.66 Å². The number of nitro groups is 1. The van der Waals surface area contributed by atoms with E-state index >= 15 is 0 Å². The van der Waals surface area contributed by atoms with E-state index in [2.05, 4.69) is 10.3 Å². The summed E-state index contributed by atoms with van der Waals surface area (Å²) in [6.45, 7) is 1.80. The Morgan fingerprint density at radius 3 is 2.84 bits per heavy atom. The summed E-state index contributed by atoms with van der Waals surface area (Å²) in [5.74, 6) is 0.136. The van der Waals surface area contributed by atoms with Crippen molar-refractivity contribution in [2.24, 2.45) is 0 Å². The molecule has 0 saturated heterocycles. The molecule has 1 fully saturated rings. The van der Waals surface area contributed by atoms with E-state index in [1.165, 1.54) is 6.07 Å². The van der Waals surface area contributed by atoms with E-state index < -0.39 is 4.92 Å². The van der Waals surface area contributed by atoms with Gasteiger partial charge in [-0.25, -0.2) is 4.98 Å². The number of nitrogens with one attached hydrogen (secondary N) is 1. The lowest BCUT2D eigenvalue weighted by molar-refractivity contribution is -0.386. The normalized spacial score (nSPS) is 23.1. The van der Waals surface area contributed by atoms with Gasteiger partial charge in [0.2, 0.25) is 0 Å². The van der Waals surface area contributed by atoms with Crippen LogP contribution in [0.25, 0.3) is 0 Å². The lowest BCUT2D eigenvalue weighted by Crippen LogP contribution is -2.43. The second-order valence-corrected chi connectivity index (χ2v) is 4.87. The zero-order valence-corrected chi connectivity index (χ0v) is 11.3. The van der Waals surface area contributed by atoms with Crippen molar-refractivity contribution in [2.45, 2.75) is 44.8 Å². The largest absolute Gasteiger partial charge is 0.468 e. The molecular formula is C13H19N3O3. The first kappa shape index (κ1) is 13.7. The minimum atomic E-state index is -0.445. The molecule has 1 aliphatic carbocycles. The van der Waals surface area contributed by atoms with Crippen molar-refractivity contribution in [3.63, 3.8) is 0 Å². The predicted molar refractivity (Wildman–Crippen MR) is 71.4 cm³/mol. The maximum Gasteiger partial charge on any atom is 0.330 e. The summed E-state index contributed by atoms with van der Waals surface area (Å²) >= 11 is 0. The van der Waals surface area contributed by atoms with Crippen LogP contribution in [0.15, 0.2) is 12.1 Å². The molecule has 0 radical (unpaired) electrons. The monoisotopic (exact) mass is 265 g/mol. The second-order valence-electron chi connectivity index (χ2n) is 4.87. The van der Waals surface area contributed by atoms with Crippen molar-refractivity contribution in [2.75, 3.05) is 7.05 Å². The minimum Gasteiger partial charge on any atom is -0.468 e. The highest BCUT2D eigenvalue weighted by Crippen LogP contribution is 2.29. The molecule has 2 atom stereocenters. The van der Waals surface area contributed by atoms with Crippen LogP contribution in [-0.4, -0.2) is 29.1 Å². The molecule has 2 unspecified atom stereocenters. The summed E-state index contributed by atoms with van der Waals surface area (Å²) in [4.78, 5) is 14.7. The van der Waals surface area contributed by atoms with Gasteiger partial charge in [-0.3, -0.25) is 10.1 Å². The van der Waals surface area contributed by atoms with Gasteiger partial charge in [0.05, 0.1) is 4.92 Å². The molecular weight excluding hydrogens is 246 g/mol. The molecule has 0 aromatic carbocycles. The Morgan fingerprint density at radius 1 is 1.42 bits per heavy atom. The van der Waals surface area contributed by atoms with Crippen LogP contribution in [0.1, 0.15) is 31.4 Å². The summed E-state index contributed by atoms with van der Waals surface area (Å²) in [7, 11) is 1.89. The average molecular weight is 265 g/mol. The van der Waals surface area contributed by atoms with E-state index in [4.69, 9.17) is 4.74 Å². The van der Waals surface area contributed by atoms with E-state index in [-0.39, 0.29) is 23.7 Å². The van der Waals surface area contributed by atoms with E-state index in [0.29, 0.717) is 0 Å². The van der Waals surface area contributed by atoms with Gasteiger partial charge in [0, 0.05) is 17.8 Å². The number of likely N-dealkylation sites (N-methyl/N-ethyl adjacent to an activating group) is 1. The summed E-state index contributed by atoms with van der Waals surface area (Å²) in [5.41, 5.74) is 0.656. The Kier molecular flexibility index (Phi) is 4.31. The molecule has 2 rings (SSSR count). The number of aromatic nitrogens is 1. The molecule has 6 heteroatoms. The Morgan fingerprint density at radius 2 is 2.16 bits per heavy atom. The second kappa shape index (κ2) is 5.97. The van der Waals surface area contributed by atoms with Gasteiger partial charge < -0.3 is 10.1 Å². The molecule has 0 bridgehead atoms. The van der Waals surface area contributed by atoms with Gasteiger partial charge in [-0.05, 0) is 39.3 Å². The molecule has 104 valence electrons. The molecule has 1 aromatic heterocycles. The summed E-state index contributed by atoms with van der Waals surface area (Å²) in [5, 5.41) is 14.2. The van der Waals surface area contributed by atoms with Crippen LogP contribution < -0.4 is 10.1 Å². The molecule has 1 saturated carbocycles. The minimum absolute atomic E-state index is 0.0493. The van der Waals surface area contributed by atoms with E-state index in [1.54, 1.807) is 13.0 Å². The van der Waals surface area contributed by atoms with Crippen molar-refractivity contribution in [1.82, 2.24) is 10.3 Å². The Labute approximate surface area is 112 Å². The van der Waals surface area contributed by atoms with Crippen LogP contribution in [-0.2, 0) is 0 Å². The van der Waals surface area contributed by atoms with Gasteiger partial charge in [0.25, 0.3) is 5.88 Å².